The molecule has 0 spiro atoms. The smallest absolute Gasteiger partial charge is 0.123 e. The van der Waals surface area contributed by atoms with Crippen molar-refractivity contribution in [2.75, 3.05) is 6.54 Å². The maximum Gasteiger partial charge on any atom is 0.123 e. The lowest BCUT2D eigenvalue weighted by atomic mass is 10.1. The highest BCUT2D eigenvalue weighted by molar-refractivity contribution is 9.10. The van der Waals surface area contributed by atoms with Gasteiger partial charge in [-0.05, 0) is 52.2 Å². The first-order valence-electron chi connectivity index (χ1n) is 6.26. The Balaban J connectivity index is 2.23. The molecule has 0 radical (unpaired) electrons. The molecule has 0 aliphatic rings. The highest BCUT2D eigenvalue weighted by Gasteiger charge is 2.08. The van der Waals surface area contributed by atoms with Gasteiger partial charge in [0.05, 0.1) is 16.4 Å². The molecule has 0 saturated heterocycles. The molecule has 102 valence electrons. The molecule has 2 aromatic rings. The van der Waals surface area contributed by atoms with Crippen LogP contribution in [0.2, 0.25) is 0 Å². The Hall–Kier alpha value is -1.20. The molecular formula is C14H17BrFN3. The van der Waals surface area contributed by atoms with Crippen LogP contribution in [0.3, 0.4) is 0 Å². The van der Waals surface area contributed by atoms with E-state index in [1.54, 1.807) is 23.0 Å². The van der Waals surface area contributed by atoms with Crippen LogP contribution >= 0.6 is 15.9 Å². The van der Waals surface area contributed by atoms with Crippen molar-refractivity contribution in [1.29, 1.82) is 0 Å². The van der Waals surface area contributed by atoms with Gasteiger partial charge in [0.15, 0.2) is 0 Å². The van der Waals surface area contributed by atoms with Gasteiger partial charge in [-0.1, -0.05) is 13.8 Å². The van der Waals surface area contributed by atoms with Gasteiger partial charge in [-0.25, -0.2) is 9.07 Å². The van der Waals surface area contributed by atoms with Crippen LogP contribution in [0.5, 0.6) is 0 Å². The van der Waals surface area contributed by atoms with E-state index in [0.29, 0.717) is 12.5 Å². The third-order valence-electron chi connectivity index (χ3n) is 2.71. The molecule has 2 rings (SSSR count). The van der Waals surface area contributed by atoms with Crippen LogP contribution in [0.1, 0.15) is 19.4 Å². The molecule has 0 atom stereocenters. The Morgan fingerprint density at radius 3 is 2.84 bits per heavy atom. The molecular weight excluding hydrogens is 309 g/mol. The minimum atomic E-state index is -0.226. The maximum atomic E-state index is 13.4. The predicted molar refractivity (Wildman–Crippen MR) is 77.8 cm³/mol. The number of nitrogens with zero attached hydrogens (tertiary/aromatic N) is 2. The summed E-state index contributed by atoms with van der Waals surface area (Å²) in [6, 6.07) is 4.76. The van der Waals surface area contributed by atoms with Gasteiger partial charge < -0.3 is 5.32 Å². The summed E-state index contributed by atoms with van der Waals surface area (Å²) in [7, 11) is 0. The highest BCUT2D eigenvalue weighted by Crippen LogP contribution is 2.18. The number of rotatable bonds is 5. The fraction of sp³-hybridized carbons (Fsp3) is 0.357. The summed E-state index contributed by atoms with van der Waals surface area (Å²) >= 11 is 3.37. The third-order valence-corrected chi connectivity index (χ3v) is 3.12. The highest BCUT2D eigenvalue weighted by atomic mass is 79.9. The summed E-state index contributed by atoms with van der Waals surface area (Å²) < 4.78 is 16.0. The van der Waals surface area contributed by atoms with E-state index >= 15 is 0 Å². The summed E-state index contributed by atoms with van der Waals surface area (Å²) in [5.74, 6) is 0.340. The Morgan fingerprint density at radius 1 is 1.42 bits per heavy atom. The first-order valence-corrected chi connectivity index (χ1v) is 7.05. The summed E-state index contributed by atoms with van der Waals surface area (Å²) in [5, 5.41) is 7.56. The lowest BCUT2D eigenvalue weighted by molar-refractivity contribution is 0.548. The van der Waals surface area contributed by atoms with Crippen LogP contribution in [0.4, 0.5) is 4.39 Å². The molecule has 3 nitrogen and oxygen atoms in total. The minimum Gasteiger partial charge on any atom is -0.312 e. The second kappa shape index (κ2) is 6.30. The average molecular weight is 326 g/mol. The van der Waals surface area contributed by atoms with Gasteiger partial charge in [0.2, 0.25) is 0 Å². The van der Waals surface area contributed by atoms with Gasteiger partial charge in [0.1, 0.15) is 5.82 Å². The van der Waals surface area contributed by atoms with Crippen LogP contribution < -0.4 is 5.32 Å². The molecule has 0 aliphatic carbocycles. The molecule has 1 aromatic carbocycles. The number of hydrogen-bond donors (Lipinski definition) is 1. The largest absolute Gasteiger partial charge is 0.312 e. The summed E-state index contributed by atoms with van der Waals surface area (Å²) in [6.45, 7) is 5.82. The normalized spacial score (nSPS) is 11.2. The van der Waals surface area contributed by atoms with Crippen molar-refractivity contribution in [2.45, 2.75) is 20.4 Å². The Kier molecular flexibility index (Phi) is 4.71. The summed E-state index contributed by atoms with van der Waals surface area (Å²) in [5.41, 5.74) is 1.79. The van der Waals surface area contributed by atoms with E-state index in [0.717, 1.165) is 22.3 Å². The predicted octanol–water partition coefficient (Wildman–Crippen LogP) is 3.52. The van der Waals surface area contributed by atoms with Crippen LogP contribution in [0, 0.1) is 11.7 Å². The molecule has 5 heteroatoms. The lowest BCUT2D eigenvalue weighted by Gasteiger charge is -2.12. The molecule has 0 aliphatic heterocycles. The van der Waals surface area contributed by atoms with E-state index in [-0.39, 0.29) is 5.82 Å². The van der Waals surface area contributed by atoms with Crippen molar-refractivity contribution >= 4 is 15.9 Å². The fourth-order valence-electron chi connectivity index (χ4n) is 1.85. The summed E-state index contributed by atoms with van der Waals surface area (Å²) in [6.07, 6.45) is 3.58. The molecule has 1 aromatic heterocycles. The van der Waals surface area contributed by atoms with Crippen LogP contribution in [-0.2, 0) is 6.54 Å². The zero-order valence-corrected chi connectivity index (χ0v) is 12.6. The van der Waals surface area contributed by atoms with E-state index < -0.39 is 0 Å². The van der Waals surface area contributed by atoms with E-state index in [4.69, 9.17) is 0 Å². The van der Waals surface area contributed by atoms with Gasteiger partial charge in [0, 0.05) is 12.7 Å². The Labute approximate surface area is 121 Å². The van der Waals surface area contributed by atoms with E-state index in [2.05, 4.69) is 40.2 Å². The van der Waals surface area contributed by atoms with Crippen LogP contribution in [0.15, 0.2) is 35.1 Å². The zero-order valence-electron chi connectivity index (χ0n) is 11.0. The third kappa shape index (κ3) is 3.88. The second-order valence-corrected chi connectivity index (χ2v) is 5.82. The number of aromatic nitrogens is 2. The van der Waals surface area contributed by atoms with Gasteiger partial charge in [-0.15, -0.1) is 0 Å². The number of halogens is 2. The molecule has 0 saturated carbocycles. The molecule has 0 fully saturated rings. The Bertz CT molecular complexity index is 551. The second-order valence-electron chi connectivity index (χ2n) is 4.90. The minimum absolute atomic E-state index is 0.226. The van der Waals surface area contributed by atoms with Crippen molar-refractivity contribution in [3.8, 4) is 5.69 Å². The average Bonchev–Trinajstić information content (AvgIpc) is 2.75. The first kappa shape index (κ1) is 14.2. The van der Waals surface area contributed by atoms with Gasteiger partial charge >= 0.3 is 0 Å². The van der Waals surface area contributed by atoms with E-state index in [1.807, 2.05) is 6.20 Å². The van der Waals surface area contributed by atoms with Gasteiger partial charge in [-0.2, -0.15) is 5.10 Å². The van der Waals surface area contributed by atoms with Crippen molar-refractivity contribution in [1.82, 2.24) is 15.1 Å². The maximum absolute atomic E-state index is 13.4. The quantitative estimate of drug-likeness (QED) is 0.911. The number of nitrogens with one attached hydrogen (secondary N) is 1. The first-order chi connectivity index (χ1) is 9.06. The number of hydrogen-bond acceptors (Lipinski definition) is 2. The van der Waals surface area contributed by atoms with Gasteiger partial charge in [0.25, 0.3) is 0 Å². The van der Waals surface area contributed by atoms with Crippen molar-refractivity contribution in [3.05, 3.63) is 46.4 Å². The standard InChI is InChI=1S/C14H17BrFN3/c1-10(2)6-17-7-11-5-13(16)3-4-14(11)19-9-12(15)8-18-19/h3-5,8-10,17H,6-7H2,1-2H3. The van der Waals surface area contributed by atoms with Crippen molar-refractivity contribution < 1.29 is 4.39 Å². The van der Waals surface area contributed by atoms with Crippen LogP contribution in [0.25, 0.3) is 5.69 Å². The SMILES string of the molecule is CC(C)CNCc1cc(F)ccc1-n1cc(Br)cn1. The monoisotopic (exact) mass is 325 g/mol. The molecule has 0 bridgehead atoms. The van der Waals surface area contributed by atoms with Crippen molar-refractivity contribution in [3.63, 3.8) is 0 Å². The van der Waals surface area contributed by atoms with E-state index in [9.17, 15) is 4.39 Å². The lowest BCUT2D eigenvalue weighted by Crippen LogP contribution is -2.20. The van der Waals surface area contributed by atoms with Crippen LogP contribution in [-0.4, -0.2) is 16.3 Å². The molecule has 19 heavy (non-hydrogen) atoms. The fourth-order valence-corrected chi connectivity index (χ4v) is 2.13. The number of benzene rings is 1. The zero-order chi connectivity index (χ0) is 13.8. The molecule has 0 unspecified atom stereocenters. The van der Waals surface area contributed by atoms with Gasteiger partial charge in [-0.3, -0.25) is 0 Å². The topological polar surface area (TPSA) is 29.9 Å². The molecule has 0 amide bonds. The van der Waals surface area contributed by atoms with Crippen molar-refractivity contribution in [2.24, 2.45) is 5.92 Å². The summed E-state index contributed by atoms with van der Waals surface area (Å²) in [4.78, 5) is 0. The molecule has 1 heterocycles. The van der Waals surface area contributed by atoms with E-state index in [1.165, 1.54) is 6.07 Å². The molecule has 1 N–H and O–H groups in total. The Morgan fingerprint density at radius 2 is 2.21 bits per heavy atom.